The van der Waals surface area contributed by atoms with E-state index in [4.69, 9.17) is 9.47 Å². The van der Waals surface area contributed by atoms with Crippen LogP contribution in [0, 0.1) is 35.0 Å². The second-order valence-corrected chi connectivity index (χ2v) is 9.92. The summed E-state index contributed by atoms with van der Waals surface area (Å²) in [5.74, 6) is -1.20. The molecule has 0 aromatic rings. The van der Waals surface area contributed by atoms with Gasteiger partial charge in [-0.2, -0.15) is 0 Å². The van der Waals surface area contributed by atoms with Gasteiger partial charge in [-0.15, -0.1) is 0 Å². The molecule has 1 N–H and O–H groups in total. The minimum Gasteiger partial charge on any atom is -0.469 e. The molecule has 1 aliphatic carbocycles. The van der Waals surface area contributed by atoms with Crippen LogP contribution in [0.2, 0.25) is 0 Å². The molecule has 0 bridgehead atoms. The molecule has 4 fully saturated rings. The van der Waals surface area contributed by atoms with E-state index in [1.54, 1.807) is 0 Å². The van der Waals surface area contributed by atoms with Crippen molar-refractivity contribution in [2.45, 2.75) is 77.5 Å². The van der Waals surface area contributed by atoms with Crippen LogP contribution in [0.15, 0.2) is 0 Å². The summed E-state index contributed by atoms with van der Waals surface area (Å²) >= 11 is 0. The number of carbonyl (C=O) groups excluding carboxylic acids is 3. The number of esters is 2. The summed E-state index contributed by atoms with van der Waals surface area (Å²) in [6, 6.07) is -0.333. The third-order valence-electron chi connectivity index (χ3n) is 8.65. The van der Waals surface area contributed by atoms with Crippen molar-refractivity contribution in [1.82, 2.24) is 4.90 Å². The number of hydrogen-bond acceptors (Lipinski definition) is 6. The minimum absolute atomic E-state index is 0.0873. The monoisotopic (exact) mass is 421 g/mol. The van der Waals surface area contributed by atoms with Gasteiger partial charge in [-0.25, -0.2) is 0 Å². The maximum atomic E-state index is 13.4. The molecule has 1 saturated carbocycles. The highest BCUT2D eigenvalue weighted by atomic mass is 16.6. The van der Waals surface area contributed by atoms with Crippen molar-refractivity contribution in [3.63, 3.8) is 0 Å². The molecule has 0 spiro atoms. The highest BCUT2D eigenvalue weighted by Gasteiger charge is 2.69. The molecule has 168 valence electrons. The van der Waals surface area contributed by atoms with Gasteiger partial charge in [-0.1, -0.05) is 27.2 Å². The Bertz CT molecular complexity index is 724. The summed E-state index contributed by atoms with van der Waals surface area (Å²) in [4.78, 5) is 40.7. The van der Waals surface area contributed by atoms with Crippen molar-refractivity contribution >= 4 is 17.8 Å². The topological polar surface area (TPSA) is 93.1 Å². The Balaban J connectivity index is 1.81. The van der Waals surface area contributed by atoms with Crippen molar-refractivity contribution in [2.24, 2.45) is 35.0 Å². The molecule has 7 heteroatoms. The highest BCUT2D eigenvalue weighted by Crippen LogP contribution is 2.63. The summed E-state index contributed by atoms with van der Waals surface area (Å²) < 4.78 is 11.2. The smallest absolute Gasteiger partial charge is 0.312 e. The molecule has 0 radical (unpaired) electrons. The maximum absolute atomic E-state index is 13.4. The minimum atomic E-state index is -0.740. The third-order valence-corrected chi connectivity index (χ3v) is 8.65. The van der Waals surface area contributed by atoms with E-state index in [0.29, 0.717) is 25.8 Å². The molecule has 0 aromatic heterocycles. The van der Waals surface area contributed by atoms with Crippen molar-refractivity contribution in [3.8, 4) is 0 Å². The van der Waals surface area contributed by atoms with Crippen molar-refractivity contribution in [1.29, 1.82) is 0 Å². The van der Waals surface area contributed by atoms with E-state index in [0.717, 1.165) is 19.3 Å². The van der Waals surface area contributed by atoms with Crippen molar-refractivity contribution in [3.05, 3.63) is 0 Å². The SMILES string of the molecule is CC[C@@H]1[C@H]2OC(=O)[C@H](C)[C@H]2[C@@H]2C[C@H]3[C@@H](O)C[C@@H](C)C(=O)N3CCCC[C@]12C(=O)OC. The molecule has 7 nitrogen and oxygen atoms in total. The number of hydrogen-bond donors (Lipinski definition) is 1. The molecule has 1 amide bonds. The van der Waals surface area contributed by atoms with Crippen LogP contribution in [0.4, 0.5) is 0 Å². The van der Waals surface area contributed by atoms with Gasteiger partial charge in [0.25, 0.3) is 0 Å². The van der Waals surface area contributed by atoms with Crippen LogP contribution in [0.5, 0.6) is 0 Å². The quantitative estimate of drug-likeness (QED) is 0.687. The number of methoxy groups -OCH3 is 1. The van der Waals surface area contributed by atoms with Gasteiger partial charge in [0.1, 0.15) is 6.10 Å². The van der Waals surface area contributed by atoms with E-state index in [-0.39, 0.29) is 59.6 Å². The van der Waals surface area contributed by atoms with Crippen LogP contribution in [-0.2, 0) is 23.9 Å². The molecule has 9 atom stereocenters. The first kappa shape index (κ1) is 21.6. The lowest BCUT2D eigenvalue weighted by atomic mass is 9.63. The average molecular weight is 422 g/mol. The summed E-state index contributed by atoms with van der Waals surface area (Å²) in [5.41, 5.74) is -0.740. The number of amides is 1. The molecular formula is C23H35NO6. The van der Waals surface area contributed by atoms with Crippen LogP contribution in [0.1, 0.15) is 59.3 Å². The zero-order valence-corrected chi connectivity index (χ0v) is 18.5. The Kier molecular flexibility index (Phi) is 5.62. The number of nitrogens with zero attached hydrogens (tertiary/aromatic N) is 1. The lowest BCUT2D eigenvalue weighted by Crippen LogP contribution is -2.56. The Morgan fingerprint density at radius 1 is 1.27 bits per heavy atom. The zero-order chi connectivity index (χ0) is 21.8. The summed E-state index contributed by atoms with van der Waals surface area (Å²) in [5, 5.41) is 11.0. The molecule has 4 aliphatic rings. The third kappa shape index (κ3) is 2.91. The number of aliphatic hydroxyl groups excluding tert-OH is 1. The van der Waals surface area contributed by atoms with Gasteiger partial charge in [0.2, 0.25) is 5.91 Å². The number of fused-ring (bicyclic) bond motifs is 4. The number of rotatable bonds is 2. The fraction of sp³-hybridized carbons (Fsp3) is 0.870. The molecular weight excluding hydrogens is 386 g/mol. The fourth-order valence-corrected chi connectivity index (χ4v) is 7.33. The van der Waals surface area contributed by atoms with Crippen molar-refractivity contribution < 1.29 is 29.0 Å². The second kappa shape index (κ2) is 7.81. The number of carbonyl (C=O) groups is 3. The van der Waals surface area contributed by atoms with E-state index in [1.165, 1.54) is 7.11 Å². The van der Waals surface area contributed by atoms with Gasteiger partial charge in [0, 0.05) is 24.3 Å². The summed E-state index contributed by atoms with van der Waals surface area (Å²) in [7, 11) is 1.43. The zero-order valence-electron chi connectivity index (χ0n) is 18.5. The molecule has 0 unspecified atom stereocenters. The summed E-state index contributed by atoms with van der Waals surface area (Å²) in [6.07, 6.45) is 2.99. The Labute approximate surface area is 178 Å². The lowest BCUT2D eigenvalue weighted by Gasteiger charge is -2.45. The van der Waals surface area contributed by atoms with Crippen molar-refractivity contribution in [2.75, 3.05) is 13.7 Å². The normalized spacial score (nSPS) is 46.1. The lowest BCUT2D eigenvalue weighted by molar-refractivity contribution is -0.166. The molecule has 3 saturated heterocycles. The van der Waals surface area contributed by atoms with E-state index in [2.05, 4.69) is 0 Å². The first-order chi connectivity index (χ1) is 14.3. The number of piperidine rings is 1. The molecule has 0 aromatic carbocycles. The van der Waals surface area contributed by atoms with E-state index in [1.807, 2.05) is 25.7 Å². The number of aliphatic hydroxyl groups is 1. The van der Waals surface area contributed by atoms with Crippen LogP contribution < -0.4 is 0 Å². The van der Waals surface area contributed by atoms with Crippen LogP contribution >= 0.6 is 0 Å². The summed E-state index contributed by atoms with van der Waals surface area (Å²) in [6.45, 7) is 6.41. The van der Waals surface area contributed by atoms with Crippen LogP contribution in [-0.4, -0.2) is 59.8 Å². The molecule has 4 rings (SSSR count). The Morgan fingerprint density at radius 2 is 2.00 bits per heavy atom. The first-order valence-corrected chi connectivity index (χ1v) is 11.5. The van der Waals surface area contributed by atoms with Gasteiger partial charge >= 0.3 is 11.9 Å². The predicted octanol–water partition coefficient (Wildman–Crippen LogP) is 2.15. The van der Waals surface area contributed by atoms with Gasteiger partial charge in [-0.3, -0.25) is 14.4 Å². The van der Waals surface area contributed by atoms with Crippen LogP contribution in [0.3, 0.4) is 0 Å². The fourth-order valence-electron chi connectivity index (χ4n) is 7.33. The Morgan fingerprint density at radius 3 is 2.67 bits per heavy atom. The average Bonchev–Trinajstić information content (AvgIpc) is 3.17. The van der Waals surface area contributed by atoms with E-state index >= 15 is 0 Å². The largest absolute Gasteiger partial charge is 0.469 e. The maximum Gasteiger partial charge on any atom is 0.312 e. The number of ether oxygens (including phenoxy) is 2. The molecule has 3 heterocycles. The Hall–Kier alpha value is -1.63. The predicted molar refractivity (Wildman–Crippen MR) is 108 cm³/mol. The van der Waals surface area contributed by atoms with Gasteiger partial charge < -0.3 is 19.5 Å². The van der Waals surface area contributed by atoms with Crippen LogP contribution in [0.25, 0.3) is 0 Å². The highest BCUT2D eigenvalue weighted by molar-refractivity contribution is 5.82. The molecule has 3 aliphatic heterocycles. The second-order valence-electron chi connectivity index (χ2n) is 9.92. The standard InChI is InChI=1S/C23H35NO6/c1-5-14-19-18(13(3)21(27)30-19)15-11-16-17(25)10-12(2)20(26)24(16)9-7-6-8-23(14,15)22(28)29-4/h12-19,25H,5-11H2,1-4H3/t12-,13-,14-,15+,16+,17+,18+,19-,23+/m1/s1. The van der Waals surface area contributed by atoms with Gasteiger partial charge in [0.05, 0.1) is 30.6 Å². The van der Waals surface area contributed by atoms with Gasteiger partial charge in [0.15, 0.2) is 0 Å². The first-order valence-electron chi connectivity index (χ1n) is 11.5. The van der Waals surface area contributed by atoms with Gasteiger partial charge in [-0.05, 0) is 38.0 Å². The van der Waals surface area contributed by atoms with E-state index in [9.17, 15) is 19.5 Å². The molecule has 30 heavy (non-hydrogen) atoms. The van der Waals surface area contributed by atoms with E-state index < -0.39 is 11.5 Å².